The summed E-state index contributed by atoms with van der Waals surface area (Å²) in [6.45, 7) is 8.81. The molecule has 0 rings (SSSR count). The second kappa shape index (κ2) is 40.1. The van der Waals surface area contributed by atoms with Gasteiger partial charge in [0.15, 0.2) is 0 Å². The Bertz CT molecular complexity index is 640. The van der Waals surface area contributed by atoms with Crippen LogP contribution in [0.2, 0.25) is 49.9 Å². The van der Waals surface area contributed by atoms with Gasteiger partial charge in [-0.3, -0.25) is 0 Å². The molecule has 3 heteroatoms. The molecule has 0 aliphatic rings. The van der Waals surface area contributed by atoms with Crippen LogP contribution in [-0.4, -0.2) is 31.8 Å². The first-order valence-electron chi connectivity index (χ1n) is 24.0. The molecule has 0 saturated carbocycles. The van der Waals surface area contributed by atoms with E-state index in [2.05, 4.69) is 13.5 Å². The predicted octanol–water partition coefficient (Wildman–Crippen LogP) is 15.6. The van der Waals surface area contributed by atoms with Crippen molar-refractivity contribution in [1.29, 1.82) is 4.94 Å². The zero-order chi connectivity index (χ0) is 37.1. The highest BCUT2D eigenvalue weighted by Crippen LogP contribution is 2.30. The first-order valence-corrected chi connectivity index (χ1v) is 28.5. The summed E-state index contributed by atoms with van der Waals surface area (Å²) >= 11 is 0. The Hall–Kier alpha value is 0.651. The van der Waals surface area contributed by atoms with Gasteiger partial charge in [-0.05, 0) is 0 Å². The standard InChI is InChI=1S/C43H94Si3/c1-5-6-7-8-9-10-11-16-21-26-31-36-41-46(4,42-37-32-27-22-17-12-14-19-24-29-34-39-44-2)43-38-33-28-23-18-13-15-20-25-30-35-40-45-3/h5-45H2,1-4H3/i44T2,45T2. The van der Waals surface area contributed by atoms with Crippen molar-refractivity contribution in [3.05, 3.63) is 0 Å². The highest BCUT2D eigenvalue weighted by Gasteiger charge is 2.25. The summed E-state index contributed by atoms with van der Waals surface area (Å²) in [7, 11) is -5.73. The van der Waals surface area contributed by atoms with E-state index in [4.69, 9.17) is 4.94 Å². The fourth-order valence-corrected chi connectivity index (χ4v) is 12.9. The van der Waals surface area contributed by atoms with Gasteiger partial charge in [0, 0.05) is 23.7 Å². The van der Waals surface area contributed by atoms with E-state index in [1.54, 1.807) is 18.1 Å². The molecule has 0 aromatic rings. The third-order valence-corrected chi connectivity index (χ3v) is 17.4. The minimum Gasteiger partial charge on any atom is -0.0748 e. The smallest absolute Gasteiger partial charge is 0.0504 e. The molecular weight excluding hydrogens is 601 g/mol. The van der Waals surface area contributed by atoms with Gasteiger partial charge in [0.1, 0.15) is 0 Å². The molecule has 46 heavy (non-hydrogen) atoms. The van der Waals surface area contributed by atoms with Crippen molar-refractivity contribution < 1.29 is 0 Å². The quantitative estimate of drug-likeness (QED) is 0.0439. The summed E-state index contributed by atoms with van der Waals surface area (Å²) in [5, 5.41) is 0. The monoisotopic (exact) mass is 703 g/mol. The van der Waals surface area contributed by atoms with Crippen LogP contribution in [0.3, 0.4) is 0 Å². The largest absolute Gasteiger partial charge is 0.0748 e. The lowest BCUT2D eigenvalue weighted by Gasteiger charge is -2.28. The van der Waals surface area contributed by atoms with Crippen molar-refractivity contribution in [3.63, 3.8) is 0 Å². The normalized spacial score (nSPS) is 13.9. The highest BCUT2D eigenvalue weighted by atomic mass is 28.3. The third kappa shape index (κ3) is 37.5. The average Bonchev–Trinajstić information content (AvgIpc) is 3.05. The maximum Gasteiger partial charge on any atom is 0.0504 e. The van der Waals surface area contributed by atoms with Crippen LogP contribution in [0.1, 0.15) is 225 Å². The van der Waals surface area contributed by atoms with Gasteiger partial charge in [0.25, 0.3) is 0 Å². The first kappa shape index (κ1) is 39.4. The van der Waals surface area contributed by atoms with E-state index >= 15 is 0 Å². The van der Waals surface area contributed by atoms with Crippen molar-refractivity contribution in [1.82, 2.24) is 0 Å². The van der Waals surface area contributed by atoms with Gasteiger partial charge >= 0.3 is 0 Å². The predicted molar refractivity (Wildman–Crippen MR) is 227 cm³/mol. The van der Waals surface area contributed by atoms with E-state index in [1.165, 1.54) is 205 Å². The zero-order valence-electron chi connectivity index (χ0n) is 37.1. The van der Waals surface area contributed by atoms with Gasteiger partial charge in [-0.15, -0.1) is 0 Å². The Balaban J connectivity index is 4.12. The number of rotatable bonds is 41. The lowest BCUT2D eigenvalue weighted by Crippen LogP contribution is -2.29. The van der Waals surface area contributed by atoms with Gasteiger partial charge in [0.05, 0.1) is 8.07 Å². The number of hydrogen-bond acceptors (Lipinski definition) is 0. The second-order valence-corrected chi connectivity index (χ2v) is 23.5. The summed E-state index contributed by atoms with van der Waals surface area (Å²) in [5.41, 5.74) is 0. The molecule has 0 fully saturated rings. The van der Waals surface area contributed by atoms with E-state index in [0.717, 1.165) is 24.9 Å². The molecule has 0 aromatic heterocycles. The van der Waals surface area contributed by atoms with Crippen molar-refractivity contribution >= 4 is 26.8 Å². The first-order chi connectivity index (χ1) is 24.0. The minimum atomic E-state index is -2.31. The Labute approximate surface area is 305 Å². The summed E-state index contributed by atoms with van der Waals surface area (Å²) in [4.78, 5) is 0. The zero-order valence-corrected chi connectivity index (χ0v) is 36.1. The molecule has 0 N–H and O–H groups in total. The maximum absolute atomic E-state index is 7.79. The van der Waals surface area contributed by atoms with Crippen LogP contribution < -0.4 is 0 Å². The van der Waals surface area contributed by atoms with Crippen LogP contribution in [0.4, 0.5) is 0 Å². The van der Waals surface area contributed by atoms with E-state index in [1.807, 2.05) is 13.1 Å². The van der Waals surface area contributed by atoms with Crippen molar-refractivity contribution in [2.75, 3.05) is 0 Å². The van der Waals surface area contributed by atoms with Gasteiger partial charge in [-0.2, -0.15) is 0 Å². The molecule has 0 aliphatic carbocycles. The van der Waals surface area contributed by atoms with Gasteiger partial charge < -0.3 is 0 Å². The van der Waals surface area contributed by atoms with Crippen LogP contribution >= 0.6 is 0 Å². The van der Waals surface area contributed by atoms with E-state index < -0.39 is 26.8 Å². The Morgan fingerprint density at radius 3 is 0.739 bits per heavy atom. The molecule has 0 radical (unpaired) electrons. The number of hydrogen-bond donors (Lipinski definition) is 0. The van der Waals surface area contributed by atoms with Crippen molar-refractivity contribution in [2.24, 2.45) is 0 Å². The topological polar surface area (TPSA) is 0 Å². The third-order valence-electron chi connectivity index (χ3n) is 11.0. The lowest BCUT2D eigenvalue weighted by atomic mass is 10.1. The summed E-state index contributed by atoms with van der Waals surface area (Å²) in [6.07, 6.45) is 47.8. The molecule has 0 amide bonds. The number of unbranched alkanes of at least 4 members (excludes halogenated alkanes) is 31. The maximum atomic E-state index is 7.79. The second-order valence-electron chi connectivity index (χ2n) is 15.9. The molecule has 0 aliphatic heterocycles. The van der Waals surface area contributed by atoms with Gasteiger partial charge in [-0.1, -0.05) is 275 Å². The fraction of sp³-hybridized carbons (Fsp3) is 1.00. The molecule has 0 aromatic carbocycles. The summed E-state index contributed by atoms with van der Waals surface area (Å²) < 4.78 is 31.2. The SMILES string of the molecule is [3H][Si]([3H])(C)CCCCCCCCCCCCC[Si](C)(CCCCCCCCCCCCCC)CCCCCCCCCCCCC[Si]([3H])([3H])C. The highest BCUT2D eigenvalue weighted by molar-refractivity contribution is 6.78. The van der Waals surface area contributed by atoms with E-state index in [9.17, 15) is 0 Å². The van der Waals surface area contributed by atoms with E-state index in [0.29, 0.717) is 0 Å². The van der Waals surface area contributed by atoms with Crippen LogP contribution in [-0.2, 0) is 0 Å². The van der Waals surface area contributed by atoms with Crippen molar-refractivity contribution in [3.8, 4) is 0 Å². The van der Waals surface area contributed by atoms with Crippen molar-refractivity contribution in [2.45, 2.75) is 275 Å². The molecule has 0 nitrogen and oxygen atoms in total. The average molecular weight is 704 g/mol. The van der Waals surface area contributed by atoms with E-state index in [-0.39, 0.29) is 0 Å². The van der Waals surface area contributed by atoms with Crippen LogP contribution in [0.15, 0.2) is 0 Å². The molecule has 0 spiro atoms. The van der Waals surface area contributed by atoms with Gasteiger partial charge in [0.2, 0.25) is 0 Å². The Kier molecular flexibility index (Phi) is 34.4. The van der Waals surface area contributed by atoms with Crippen LogP contribution in [0.25, 0.3) is 0 Å². The van der Waals surface area contributed by atoms with Crippen LogP contribution in [0.5, 0.6) is 0 Å². The Morgan fingerprint density at radius 1 is 0.326 bits per heavy atom. The molecule has 278 valence electrons. The molecule has 0 unspecified atom stereocenters. The molecule has 0 bridgehead atoms. The molecule has 0 atom stereocenters. The molecular formula is C43H94Si3. The minimum absolute atomic E-state index is 0.861. The Morgan fingerprint density at radius 2 is 0.522 bits per heavy atom. The summed E-state index contributed by atoms with van der Waals surface area (Å²) in [6, 6.07) is 6.50. The van der Waals surface area contributed by atoms with Crippen LogP contribution in [0, 0.1) is 0 Å². The van der Waals surface area contributed by atoms with Gasteiger partial charge in [-0.25, -0.2) is 0 Å². The lowest BCUT2D eigenvalue weighted by molar-refractivity contribution is 0.546. The molecule has 0 saturated heterocycles. The fourth-order valence-electron chi connectivity index (χ4n) is 7.66. The summed E-state index contributed by atoms with van der Waals surface area (Å²) in [5.74, 6) is 0. The molecule has 0 heterocycles.